The van der Waals surface area contributed by atoms with Crippen LogP contribution in [0, 0.1) is 13.8 Å². The molecule has 10 heteroatoms. The van der Waals surface area contributed by atoms with E-state index in [9.17, 15) is 13.2 Å². The monoisotopic (exact) mass is 442 g/mol. The predicted molar refractivity (Wildman–Crippen MR) is 117 cm³/mol. The third-order valence-corrected chi connectivity index (χ3v) is 7.11. The fraction of sp³-hybridized carbons (Fsp3) is 0.500. The molecule has 0 aliphatic carbocycles. The van der Waals surface area contributed by atoms with Crippen LogP contribution in [0.3, 0.4) is 0 Å². The van der Waals surface area contributed by atoms with Crippen LogP contribution >= 0.6 is 23.1 Å². The SMILES string of the molecule is Cc1cccc(N(CCCC(=O)Nc2nnc(SC(C)C)s2)S(C)(=O)=O)c1C. The van der Waals surface area contributed by atoms with Crippen LogP contribution in [0.1, 0.15) is 37.8 Å². The molecule has 2 rings (SSSR count). The Labute approximate surface area is 175 Å². The summed E-state index contributed by atoms with van der Waals surface area (Å²) in [5, 5.41) is 11.6. The standard InChI is InChI=1S/C18H26N4O3S3/c1-12(2)26-18-21-20-17(27-18)19-16(23)10-7-11-22(28(5,24)25)15-9-6-8-13(3)14(15)4/h6,8-9,12H,7,10-11H2,1-5H3,(H,19,20,23). The zero-order valence-electron chi connectivity index (χ0n) is 16.7. The van der Waals surface area contributed by atoms with Gasteiger partial charge >= 0.3 is 0 Å². The average molecular weight is 443 g/mol. The Morgan fingerprint density at radius 1 is 1.29 bits per heavy atom. The molecule has 0 saturated carbocycles. The number of aromatic nitrogens is 2. The third-order valence-electron chi connectivity index (χ3n) is 4.00. The van der Waals surface area contributed by atoms with Crippen molar-refractivity contribution in [3.05, 3.63) is 29.3 Å². The molecule has 2 aromatic rings. The minimum absolute atomic E-state index is 0.198. The first-order chi connectivity index (χ1) is 13.1. The molecule has 0 atom stereocenters. The van der Waals surface area contributed by atoms with E-state index in [0.29, 0.717) is 22.5 Å². The zero-order valence-corrected chi connectivity index (χ0v) is 19.2. The van der Waals surface area contributed by atoms with Crippen LogP contribution in [0.25, 0.3) is 0 Å². The van der Waals surface area contributed by atoms with Crippen molar-refractivity contribution >= 4 is 49.8 Å². The van der Waals surface area contributed by atoms with Gasteiger partial charge in [-0.2, -0.15) is 0 Å². The molecule has 1 aromatic carbocycles. The Bertz CT molecular complexity index is 926. The number of amides is 1. The predicted octanol–water partition coefficient (Wildman–Crippen LogP) is 3.84. The molecule has 0 fully saturated rings. The van der Waals surface area contributed by atoms with Crippen LogP contribution in [0.2, 0.25) is 0 Å². The first-order valence-electron chi connectivity index (χ1n) is 8.92. The minimum atomic E-state index is -3.44. The largest absolute Gasteiger partial charge is 0.301 e. The van der Waals surface area contributed by atoms with Crippen molar-refractivity contribution in [1.82, 2.24) is 10.2 Å². The van der Waals surface area contributed by atoms with E-state index in [1.807, 2.05) is 26.0 Å². The third kappa shape index (κ3) is 6.46. The van der Waals surface area contributed by atoms with Crippen LogP contribution in [-0.2, 0) is 14.8 Å². The van der Waals surface area contributed by atoms with Gasteiger partial charge in [0, 0.05) is 18.2 Å². The lowest BCUT2D eigenvalue weighted by atomic mass is 10.1. The molecule has 28 heavy (non-hydrogen) atoms. The summed E-state index contributed by atoms with van der Waals surface area (Å²) < 4.78 is 26.7. The summed E-state index contributed by atoms with van der Waals surface area (Å²) in [5.74, 6) is -0.202. The average Bonchev–Trinajstić information content (AvgIpc) is 2.99. The second-order valence-corrected chi connectivity index (χ2v) is 11.5. The maximum Gasteiger partial charge on any atom is 0.232 e. The van der Waals surface area contributed by atoms with Crippen LogP contribution in [0.4, 0.5) is 10.8 Å². The molecule has 0 aliphatic heterocycles. The Morgan fingerprint density at radius 2 is 2.00 bits per heavy atom. The van der Waals surface area contributed by atoms with Gasteiger partial charge in [-0.25, -0.2) is 8.42 Å². The molecule has 0 saturated heterocycles. The molecule has 7 nitrogen and oxygen atoms in total. The van der Waals surface area contributed by atoms with E-state index in [0.717, 1.165) is 15.5 Å². The van der Waals surface area contributed by atoms with Gasteiger partial charge in [-0.15, -0.1) is 10.2 Å². The smallest absolute Gasteiger partial charge is 0.232 e. The maximum absolute atomic E-state index is 12.3. The quantitative estimate of drug-likeness (QED) is 0.468. The van der Waals surface area contributed by atoms with Crippen molar-refractivity contribution in [2.75, 3.05) is 22.4 Å². The highest BCUT2D eigenvalue weighted by atomic mass is 32.2. The Hall–Kier alpha value is -1.65. The highest BCUT2D eigenvalue weighted by Gasteiger charge is 2.20. The number of aryl methyl sites for hydroxylation is 1. The van der Waals surface area contributed by atoms with Crippen molar-refractivity contribution < 1.29 is 13.2 Å². The van der Waals surface area contributed by atoms with E-state index in [1.165, 1.54) is 21.9 Å². The van der Waals surface area contributed by atoms with Gasteiger partial charge in [0.1, 0.15) is 0 Å². The normalized spacial score (nSPS) is 11.6. The molecule has 0 spiro atoms. The number of sulfonamides is 1. The van der Waals surface area contributed by atoms with Gasteiger partial charge < -0.3 is 5.32 Å². The van der Waals surface area contributed by atoms with Crippen molar-refractivity contribution in [1.29, 1.82) is 0 Å². The second-order valence-electron chi connectivity index (χ2n) is 6.75. The number of hydrogen-bond donors (Lipinski definition) is 1. The molecule has 1 N–H and O–H groups in total. The molecule has 0 aliphatic rings. The zero-order chi connectivity index (χ0) is 20.9. The number of thioether (sulfide) groups is 1. The molecule has 0 radical (unpaired) electrons. The lowest BCUT2D eigenvalue weighted by molar-refractivity contribution is -0.116. The van der Waals surface area contributed by atoms with Crippen LogP contribution in [0.15, 0.2) is 22.5 Å². The summed E-state index contributed by atoms with van der Waals surface area (Å²) in [7, 11) is -3.44. The lowest BCUT2D eigenvalue weighted by Gasteiger charge is -2.24. The van der Waals surface area contributed by atoms with E-state index in [-0.39, 0.29) is 18.9 Å². The molecular formula is C18H26N4O3S3. The van der Waals surface area contributed by atoms with Gasteiger partial charge in [-0.1, -0.05) is 49.1 Å². The number of carbonyl (C=O) groups is 1. The van der Waals surface area contributed by atoms with E-state index in [4.69, 9.17) is 0 Å². The number of benzene rings is 1. The number of carbonyl (C=O) groups excluding carboxylic acids is 1. The molecule has 1 amide bonds. The topological polar surface area (TPSA) is 92.3 Å². The van der Waals surface area contributed by atoms with Crippen molar-refractivity contribution in [2.24, 2.45) is 0 Å². The lowest BCUT2D eigenvalue weighted by Crippen LogP contribution is -2.32. The first-order valence-corrected chi connectivity index (χ1v) is 12.5. The van der Waals surface area contributed by atoms with E-state index in [2.05, 4.69) is 29.4 Å². The number of nitrogens with zero attached hydrogens (tertiary/aromatic N) is 3. The minimum Gasteiger partial charge on any atom is -0.301 e. The molecule has 0 bridgehead atoms. The van der Waals surface area contributed by atoms with Gasteiger partial charge in [0.2, 0.25) is 21.1 Å². The molecule has 1 aromatic heterocycles. The fourth-order valence-corrected chi connectivity index (χ4v) is 5.55. The number of hydrogen-bond acceptors (Lipinski definition) is 7. The van der Waals surface area contributed by atoms with E-state index < -0.39 is 10.0 Å². The summed E-state index contributed by atoms with van der Waals surface area (Å²) in [6.45, 7) is 8.21. The molecule has 1 heterocycles. The number of anilines is 2. The molecular weight excluding hydrogens is 416 g/mol. The summed E-state index contributed by atoms with van der Waals surface area (Å²) in [4.78, 5) is 12.2. The van der Waals surface area contributed by atoms with Crippen LogP contribution in [-0.4, -0.2) is 42.6 Å². The Kier molecular flexibility index (Phi) is 7.85. The Balaban J connectivity index is 1.96. The second kappa shape index (κ2) is 9.71. The summed E-state index contributed by atoms with van der Waals surface area (Å²) in [6.07, 6.45) is 1.78. The Morgan fingerprint density at radius 3 is 2.64 bits per heavy atom. The van der Waals surface area contributed by atoms with E-state index in [1.54, 1.807) is 17.8 Å². The first kappa shape index (κ1) is 22.6. The van der Waals surface area contributed by atoms with Crippen molar-refractivity contribution in [2.45, 2.75) is 50.1 Å². The van der Waals surface area contributed by atoms with Gasteiger partial charge in [-0.05, 0) is 37.5 Å². The highest BCUT2D eigenvalue weighted by Crippen LogP contribution is 2.29. The number of nitrogens with one attached hydrogen (secondary N) is 1. The highest BCUT2D eigenvalue weighted by molar-refractivity contribution is 8.01. The van der Waals surface area contributed by atoms with Crippen LogP contribution in [0.5, 0.6) is 0 Å². The fourth-order valence-electron chi connectivity index (χ4n) is 2.55. The summed E-state index contributed by atoms with van der Waals surface area (Å²) in [5.41, 5.74) is 2.60. The molecule has 154 valence electrons. The van der Waals surface area contributed by atoms with Crippen molar-refractivity contribution in [3.8, 4) is 0 Å². The maximum atomic E-state index is 12.3. The molecule has 0 unspecified atom stereocenters. The summed E-state index contributed by atoms with van der Waals surface area (Å²) >= 11 is 2.93. The van der Waals surface area contributed by atoms with E-state index >= 15 is 0 Å². The van der Waals surface area contributed by atoms with Crippen LogP contribution < -0.4 is 9.62 Å². The van der Waals surface area contributed by atoms with Gasteiger partial charge in [0.15, 0.2) is 4.34 Å². The number of rotatable bonds is 9. The van der Waals surface area contributed by atoms with Gasteiger partial charge in [0.25, 0.3) is 0 Å². The van der Waals surface area contributed by atoms with Gasteiger partial charge in [0.05, 0.1) is 11.9 Å². The van der Waals surface area contributed by atoms with Crippen molar-refractivity contribution in [3.63, 3.8) is 0 Å². The van der Waals surface area contributed by atoms with Gasteiger partial charge in [-0.3, -0.25) is 9.10 Å². The summed E-state index contributed by atoms with van der Waals surface area (Å²) in [6, 6.07) is 5.57.